The smallest absolute Gasteiger partial charge is 0.247 e. The fraction of sp³-hybridized carbons (Fsp3) is 0.500. The maximum atomic E-state index is 12.9. The number of nitrogens with one attached hydrogen (secondary N) is 4. The number of aromatic nitrogens is 2. The molecular formula is C40H53ClN8O2. The molecule has 5 atom stereocenters. The summed E-state index contributed by atoms with van der Waals surface area (Å²) >= 11 is 6.40. The van der Waals surface area contributed by atoms with Crippen LogP contribution in [0.15, 0.2) is 67.4 Å². The molecule has 3 aliphatic rings. The summed E-state index contributed by atoms with van der Waals surface area (Å²) in [7, 11) is 0. The van der Waals surface area contributed by atoms with E-state index in [0.29, 0.717) is 47.3 Å². The zero-order valence-electron chi connectivity index (χ0n) is 30.0. The predicted octanol–water partition coefficient (Wildman–Crippen LogP) is 7.34. The summed E-state index contributed by atoms with van der Waals surface area (Å²) in [4.78, 5) is 38.4. The van der Waals surface area contributed by atoms with E-state index in [1.807, 2.05) is 36.4 Å². The molecule has 2 saturated carbocycles. The van der Waals surface area contributed by atoms with E-state index in [-0.39, 0.29) is 11.8 Å². The Morgan fingerprint density at radius 2 is 1.80 bits per heavy atom. The molecule has 3 aromatic rings. The molecule has 0 spiro atoms. The Hall–Kier alpha value is -4.15. The van der Waals surface area contributed by atoms with Gasteiger partial charge in [0.2, 0.25) is 17.8 Å². The third-order valence-corrected chi connectivity index (χ3v) is 11.2. The minimum absolute atomic E-state index is 0.251. The van der Waals surface area contributed by atoms with Gasteiger partial charge in [-0.05, 0) is 116 Å². The lowest BCUT2D eigenvalue weighted by Gasteiger charge is -2.46. The lowest BCUT2D eigenvalue weighted by atomic mass is 9.59. The molecule has 1 aromatic heterocycles. The highest BCUT2D eigenvalue weighted by molar-refractivity contribution is 6.32. The van der Waals surface area contributed by atoms with Crippen molar-refractivity contribution in [2.75, 3.05) is 60.1 Å². The maximum Gasteiger partial charge on any atom is 0.247 e. The van der Waals surface area contributed by atoms with E-state index in [1.54, 1.807) is 6.20 Å². The Bertz CT molecular complexity index is 1640. The van der Waals surface area contributed by atoms with Crippen molar-refractivity contribution in [1.29, 1.82) is 0 Å². The number of nitrogens with zero attached hydrogens (tertiary/aromatic N) is 4. The van der Waals surface area contributed by atoms with Gasteiger partial charge in [-0.3, -0.25) is 14.5 Å². The van der Waals surface area contributed by atoms with Crippen molar-refractivity contribution in [3.05, 3.63) is 78.0 Å². The van der Waals surface area contributed by atoms with E-state index in [0.717, 1.165) is 74.7 Å². The minimum Gasteiger partial charge on any atom is -0.369 e. The van der Waals surface area contributed by atoms with E-state index in [1.165, 1.54) is 37.4 Å². The predicted molar refractivity (Wildman–Crippen MR) is 208 cm³/mol. The second kappa shape index (κ2) is 17.4. The first-order chi connectivity index (χ1) is 24.7. The Morgan fingerprint density at radius 1 is 1.00 bits per heavy atom. The monoisotopic (exact) mass is 712 g/mol. The van der Waals surface area contributed by atoms with E-state index in [9.17, 15) is 9.59 Å². The molecule has 2 heterocycles. The van der Waals surface area contributed by atoms with Gasteiger partial charge in [-0.2, -0.15) is 4.98 Å². The standard InChI is InChI=1S/C40H53ClN8O2/c1-4-37(50)45-33-8-5-7-29(23-33)25-43-39-36(41)26-44-40(47-39)46-32-9-11-34(12-10-32)49-17-15-48(16-18-49)14-6-13-42-38(51)24-35-28(3)21-30-19-27(2)20-31(35)22-30/h4-5,7-12,23,26-28,30-31,35H,1,6,13-22,24-25H2,2-3H3,(H,42,51)(H,45,50)(H2,43,44,46,47)/t27?,28-,30+,31+,35?/m1/s1. The molecule has 3 fully saturated rings. The second-order valence-electron chi connectivity index (χ2n) is 14.9. The van der Waals surface area contributed by atoms with Gasteiger partial charge in [-0.25, -0.2) is 4.98 Å². The van der Waals surface area contributed by atoms with Crippen LogP contribution in [-0.2, 0) is 16.1 Å². The van der Waals surface area contributed by atoms with Crippen molar-refractivity contribution in [3.8, 4) is 0 Å². The van der Waals surface area contributed by atoms with Crippen LogP contribution < -0.4 is 26.2 Å². The first-order valence-corrected chi connectivity index (χ1v) is 19.0. The summed E-state index contributed by atoms with van der Waals surface area (Å²) in [6.45, 7) is 14.5. The maximum absolute atomic E-state index is 12.9. The summed E-state index contributed by atoms with van der Waals surface area (Å²) in [5.41, 5.74) is 3.72. The van der Waals surface area contributed by atoms with Crippen molar-refractivity contribution >= 4 is 52.2 Å². The van der Waals surface area contributed by atoms with Crippen LogP contribution in [0.5, 0.6) is 0 Å². The van der Waals surface area contributed by atoms with Crippen LogP contribution in [0.4, 0.5) is 28.8 Å². The Kier molecular flexibility index (Phi) is 12.5. The summed E-state index contributed by atoms with van der Waals surface area (Å²) in [5, 5.41) is 13.0. The second-order valence-corrected chi connectivity index (χ2v) is 15.3. The molecule has 2 amide bonds. The average molecular weight is 713 g/mol. The zero-order chi connectivity index (χ0) is 35.7. The molecule has 272 valence electrons. The van der Waals surface area contributed by atoms with E-state index in [4.69, 9.17) is 11.6 Å². The number of carbonyl (C=O) groups excluding carboxylic acids is 2. The van der Waals surface area contributed by atoms with Gasteiger partial charge < -0.3 is 26.2 Å². The van der Waals surface area contributed by atoms with Gasteiger partial charge in [0, 0.05) is 62.8 Å². The Morgan fingerprint density at radius 3 is 2.59 bits per heavy atom. The summed E-state index contributed by atoms with van der Waals surface area (Å²) in [6.07, 6.45) is 9.86. The SMILES string of the molecule is C=CC(=O)Nc1cccc(CNc2nc(Nc3ccc(N4CCN(CCCNC(=O)CC5[C@H]6CC(C)C[C@H](C6)C[C@H]5C)CC4)cc3)ncc2Cl)c1. The van der Waals surface area contributed by atoms with Gasteiger partial charge in [-0.15, -0.1) is 0 Å². The number of hydrogen-bond acceptors (Lipinski definition) is 8. The summed E-state index contributed by atoms with van der Waals surface area (Å²) in [5.74, 6) is 4.63. The number of piperazine rings is 1. The molecule has 2 aliphatic carbocycles. The van der Waals surface area contributed by atoms with Crippen LogP contribution in [0.3, 0.4) is 0 Å². The number of anilines is 5. The quantitative estimate of drug-likeness (QED) is 0.101. The Labute approximate surface area is 307 Å². The summed E-state index contributed by atoms with van der Waals surface area (Å²) < 4.78 is 0. The van der Waals surface area contributed by atoms with E-state index in [2.05, 4.69) is 73.6 Å². The largest absolute Gasteiger partial charge is 0.369 e. The lowest BCUT2D eigenvalue weighted by molar-refractivity contribution is -0.124. The molecule has 6 rings (SSSR count). The molecule has 2 unspecified atom stereocenters. The Balaban J connectivity index is 0.901. The summed E-state index contributed by atoms with van der Waals surface area (Å²) in [6, 6.07) is 15.9. The molecule has 0 radical (unpaired) electrons. The normalized spacial score (nSPS) is 23.3. The first-order valence-electron chi connectivity index (χ1n) is 18.6. The molecule has 51 heavy (non-hydrogen) atoms. The van der Waals surface area contributed by atoms with Crippen molar-refractivity contribution in [3.63, 3.8) is 0 Å². The fourth-order valence-electron chi connectivity index (χ4n) is 8.50. The third kappa shape index (κ3) is 10.2. The van der Waals surface area contributed by atoms with Crippen LogP contribution in [0.2, 0.25) is 5.02 Å². The molecule has 1 saturated heterocycles. The number of halogens is 1. The molecule has 10 nitrogen and oxygen atoms in total. The lowest BCUT2D eigenvalue weighted by Crippen LogP contribution is -2.47. The third-order valence-electron chi connectivity index (χ3n) is 11.0. The van der Waals surface area contributed by atoms with Crippen molar-refractivity contribution in [2.45, 2.75) is 58.9 Å². The molecule has 4 N–H and O–H groups in total. The molecule has 2 bridgehead atoms. The number of benzene rings is 2. The molecule has 2 aromatic carbocycles. The van der Waals surface area contributed by atoms with E-state index < -0.39 is 0 Å². The fourth-order valence-corrected chi connectivity index (χ4v) is 8.66. The van der Waals surface area contributed by atoms with Gasteiger partial charge in [0.25, 0.3) is 0 Å². The van der Waals surface area contributed by atoms with Crippen LogP contribution in [0.1, 0.15) is 57.9 Å². The highest BCUT2D eigenvalue weighted by Gasteiger charge is 2.40. The van der Waals surface area contributed by atoms with E-state index >= 15 is 0 Å². The van der Waals surface area contributed by atoms with Crippen molar-refractivity contribution in [1.82, 2.24) is 20.2 Å². The van der Waals surface area contributed by atoms with Crippen LogP contribution in [-0.4, -0.2) is 66.0 Å². The van der Waals surface area contributed by atoms with Crippen molar-refractivity contribution < 1.29 is 9.59 Å². The minimum atomic E-state index is -0.259. The molecule has 11 heteroatoms. The highest BCUT2D eigenvalue weighted by Crippen LogP contribution is 2.49. The van der Waals surface area contributed by atoms with Gasteiger partial charge in [0.05, 0.1) is 6.20 Å². The first kappa shape index (κ1) is 36.6. The van der Waals surface area contributed by atoms with Crippen LogP contribution in [0.25, 0.3) is 0 Å². The van der Waals surface area contributed by atoms with Gasteiger partial charge in [0.1, 0.15) is 5.02 Å². The molecule has 1 aliphatic heterocycles. The van der Waals surface area contributed by atoms with Crippen LogP contribution in [0, 0.1) is 29.6 Å². The number of rotatable bonds is 14. The highest BCUT2D eigenvalue weighted by atomic mass is 35.5. The van der Waals surface area contributed by atoms with Crippen LogP contribution >= 0.6 is 11.6 Å². The van der Waals surface area contributed by atoms with Crippen molar-refractivity contribution in [2.24, 2.45) is 29.6 Å². The zero-order valence-corrected chi connectivity index (χ0v) is 30.8. The number of amides is 2. The number of hydrogen-bond donors (Lipinski definition) is 4. The average Bonchev–Trinajstić information content (AvgIpc) is 3.12. The molecular weight excluding hydrogens is 660 g/mol. The van der Waals surface area contributed by atoms with Gasteiger partial charge in [0.15, 0.2) is 5.82 Å². The number of carbonyl (C=O) groups is 2. The van der Waals surface area contributed by atoms with Gasteiger partial charge >= 0.3 is 0 Å². The van der Waals surface area contributed by atoms with Gasteiger partial charge in [-0.1, -0.05) is 44.2 Å². The topological polar surface area (TPSA) is 115 Å². The number of fused-ring (bicyclic) bond motifs is 2.